The van der Waals surface area contributed by atoms with Crippen molar-refractivity contribution in [3.8, 4) is 0 Å². The number of esters is 1. The zero-order chi connectivity index (χ0) is 20.9. The van der Waals surface area contributed by atoms with Gasteiger partial charge in [0, 0.05) is 6.42 Å². The number of aliphatic hydroxyl groups is 1. The van der Waals surface area contributed by atoms with Crippen LogP contribution in [0.2, 0.25) is 0 Å². The van der Waals surface area contributed by atoms with E-state index in [1.807, 2.05) is 44.2 Å². The third kappa shape index (κ3) is 11.8. The quantitative estimate of drug-likeness (QED) is 0.532. The van der Waals surface area contributed by atoms with Crippen molar-refractivity contribution >= 4 is 12.1 Å². The average Bonchev–Trinajstić information content (AvgIpc) is 2.60. The second-order valence-electron chi connectivity index (χ2n) is 6.69. The predicted molar refractivity (Wildman–Crippen MR) is 106 cm³/mol. The normalized spacial score (nSPS) is 12.7. The lowest BCUT2D eigenvalue weighted by Crippen LogP contribution is -2.46. The molecule has 1 amide bonds. The number of aliphatic hydroxyl groups excluding tert-OH is 1. The lowest BCUT2D eigenvalue weighted by molar-refractivity contribution is -0.156. The number of alkyl carbamates (subject to hydrolysis) is 1. The van der Waals surface area contributed by atoms with Gasteiger partial charge in [-0.2, -0.15) is 0 Å². The number of carbonyl (C=O) groups is 2. The van der Waals surface area contributed by atoms with Gasteiger partial charge in [0.15, 0.2) is 0 Å². The van der Waals surface area contributed by atoms with Gasteiger partial charge in [-0.3, -0.25) is 4.79 Å². The zero-order valence-electron chi connectivity index (χ0n) is 17.0. The van der Waals surface area contributed by atoms with E-state index in [-0.39, 0.29) is 19.4 Å². The van der Waals surface area contributed by atoms with Gasteiger partial charge in [0.25, 0.3) is 0 Å². The van der Waals surface area contributed by atoms with Crippen molar-refractivity contribution in [3.63, 3.8) is 0 Å². The van der Waals surface area contributed by atoms with Gasteiger partial charge >= 0.3 is 12.1 Å². The third-order valence-electron chi connectivity index (χ3n) is 3.19. The summed E-state index contributed by atoms with van der Waals surface area (Å²) in [4.78, 5) is 23.9. The van der Waals surface area contributed by atoms with Gasteiger partial charge in [-0.05, 0) is 26.3 Å². The summed E-state index contributed by atoms with van der Waals surface area (Å²) in [5.74, 6) is -0.506. The van der Waals surface area contributed by atoms with Crippen molar-refractivity contribution in [1.29, 1.82) is 0 Å². The second kappa shape index (κ2) is 12.9. The van der Waals surface area contributed by atoms with Crippen LogP contribution in [0, 0.1) is 0 Å². The summed E-state index contributed by atoms with van der Waals surface area (Å²) in [5.41, 5.74) is 0.250. The molecular weight excluding hydrogens is 346 g/mol. The van der Waals surface area contributed by atoms with Crippen LogP contribution in [0.25, 0.3) is 0 Å². The van der Waals surface area contributed by atoms with Crippen molar-refractivity contribution in [1.82, 2.24) is 5.32 Å². The first kappa shape index (κ1) is 24.7. The van der Waals surface area contributed by atoms with Crippen LogP contribution in [0.5, 0.6) is 0 Å². The molecule has 2 unspecified atom stereocenters. The van der Waals surface area contributed by atoms with Crippen LogP contribution < -0.4 is 5.32 Å². The molecule has 0 aliphatic heterocycles. The fourth-order valence-corrected chi connectivity index (χ4v) is 2.17. The molecule has 0 heterocycles. The van der Waals surface area contributed by atoms with E-state index in [0.29, 0.717) is 0 Å². The Balaban J connectivity index is 0.00000326. The number of hydrogen-bond donors (Lipinski definition) is 2. The topological polar surface area (TPSA) is 84.9 Å². The maximum absolute atomic E-state index is 12.1. The van der Waals surface area contributed by atoms with Gasteiger partial charge in [-0.1, -0.05) is 56.8 Å². The Morgan fingerprint density at radius 3 is 2.33 bits per heavy atom. The van der Waals surface area contributed by atoms with E-state index < -0.39 is 29.8 Å². The maximum Gasteiger partial charge on any atom is 0.407 e. The van der Waals surface area contributed by atoms with E-state index in [1.54, 1.807) is 20.8 Å². The Morgan fingerprint density at radius 1 is 1.22 bits per heavy atom. The van der Waals surface area contributed by atoms with Gasteiger partial charge in [0.2, 0.25) is 0 Å². The molecule has 0 saturated heterocycles. The van der Waals surface area contributed by atoms with Crippen LogP contribution >= 0.6 is 0 Å². The molecule has 1 rings (SSSR count). The fraction of sp³-hybridized carbons (Fsp3) is 0.524. The van der Waals surface area contributed by atoms with Crippen LogP contribution in [0.3, 0.4) is 0 Å². The summed E-state index contributed by atoms with van der Waals surface area (Å²) >= 11 is 0. The Morgan fingerprint density at radius 2 is 1.81 bits per heavy atom. The van der Waals surface area contributed by atoms with E-state index in [2.05, 4.69) is 11.9 Å². The first-order chi connectivity index (χ1) is 12.7. The maximum atomic E-state index is 12.1. The molecule has 27 heavy (non-hydrogen) atoms. The molecule has 2 N–H and O–H groups in total. The van der Waals surface area contributed by atoms with Crippen molar-refractivity contribution in [2.75, 3.05) is 6.61 Å². The Kier molecular flexibility index (Phi) is 11.8. The minimum absolute atomic E-state index is 0.0414. The van der Waals surface area contributed by atoms with E-state index in [4.69, 9.17) is 9.47 Å². The summed E-state index contributed by atoms with van der Waals surface area (Å²) in [6, 6.07) is 8.49. The molecule has 0 saturated carbocycles. The average molecular weight is 379 g/mol. The second-order valence-corrected chi connectivity index (χ2v) is 6.69. The van der Waals surface area contributed by atoms with Gasteiger partial charge in [-0.25, -0.2) is 4.79 Å². The standard InChI is InChI=1S/C19H27NO5.C2H6/c1-5-11-24-18(23)20-15(13-17(22)25-19(2,3)4)16(21)12-14-9-7-6-8-10-14;1-2/h5-10,15-16,21H,1,11-13H2,2-4H3,(H,20,23);1-2H3. The van der Waals surface area contributed by atoms with Crippen LogP contribution in [-0.4, -0.2) is 41.5 Å². The molecule has 0 fully saturated rings. The summed E-state index contributed by atoms with van der Waals surface area (Å²) < 4.78 is 10.1. The Labute approximate surface area is 162 Å². The van der Waals surface area contributed by atoms with E-state index in [9.17, 15) is 14.7 Å². The number of amides is 1. The predicted octanol–water partition coefficient (Wildman–Crippen LogP) is 3.63. The van der Waals surface area contributed by atoms with E-state index in [0.717, 1.165) is 5.56 Å². The number of benzene rings is 1. The molecule has 2 atom stereocenters. The Hall–Kier alpha value is -2.34. The molecule has 0 spiro atoms. The molecule has 6 nitrogen and oxygen atoms in total. The summed E-state index contributed by atoms with van der Waals surface area (Å²) in [6.45, 7) is 12.8. The number of rotatable bonds is 8. The number of ether oxygens (including phenoxy) is 2. The monoisotopic (exact) mass is 379 g/mol. The van der Waals surface area contributed by atoms with Gasteiger partial charge in [0.1, 0.15) is 12.2 Å². The lowest BCUT2D eigenvalue weighted by atomic mass is 9.99. The van der Waals surface area contributed by atoms with Gasteiger partial charge in [0.05, 0.1) is 18.6 Å². The number of hydrogen-bond acceptors (Lipinski definition) is 5. The SMILES string of the molecule is C=CCOC(=O)NC(CC(=O)OC(C)(C)C)C(O)Cc1ccccc1.CC. The number of carbonyl (C=O) groups excluding carboxylic acids is 2. The summed E-state index contributed by atoms with van der Waals surface area (Å²) in [6.07, 6.45) is -0.125. The van der Waals surface area contributed by atoms with Crippen molar-refractivity contribution in [2.24, 2.45) is 0 Å². The van der Waals surface area contributed by atoms with E-state index >= 15 is 0 Å². The molecule has 152 valence electrons. The highest BCUT2D eigenvalue weighted by molar-refractivity contribution is 5.73. The molecular formula is C21H33NO5. The van der Waals surface area contributed by atoms with Gasteiger partial charge < -0.3 is 19.9 Å². The largest absolute Gasteiger partial charge is 0.460 e. The van der Waals surface area contributed by atoms with Crippen molar-refractivity contribution < 1.29 is 24.2 Å². The summed E-state index contributed by atoms with van der Waals surface area (Å²) in [7, 11) is 0. The highest BCUT2D eigenvalue weighted by Gasteiger charge is 2.27. The summed E-state index contributed by atoms with van der Waals surface area (Å²) in [5, 5.41) is 13.0. The minimum Gasteiger partial charge on any atom is -0.460 e. The van der Waals surface area contributed by atoms with Crippen LogP contribution in [-0.2, 0) is 20.7 Å². The molecule has 6 heteroatoms. The highest BCUT2D eigenvalue weighted by Crippen LogP contribution is 2.13. The van der Waals surface area contributed by atoms with E-state index in [1.165, 1.54) is 6.08 Å². The lowest BCUT2D eigenvalue weighted by Gasteiger charge is -2.26. The zero-order valence-corrected chi connectivity index (χ0v) is 17.0. The molecule has 0 aromatic heterocycles. The van der Waals surface area contributed by atoms with Gasteiger partial charge in [-0.15, -0.1) is 0 Å². The van der Waals surface area contributed by atoms with Crippen LogP contribution in [0.15, 0.2) is 43.0 Å². The molecule has 0 radical (unpaired) electrons. The smallest absolute Gasteiger partial charge is 0.407 e. The first-order valence-electron chi connectivity index (χ1n) is 9.19. The molecule has 0 aliphatic rings. The molecule has 1 aromatic carbocycles. The first-order valence-corrected chi connectivity index (χ1v) is 9.19. The van der Waals surface area contributed by atoms with Crippen LogP contribution in [0.1, 0.15) is 46.6 Å². The van der Waals surface area contributed by atoms with Crippen LogP contribution in [0.4, 0.5) is 4.79 Å². The van der Waals surface area contributed by atoms with Crippen molar-refractivity contribution in [2.45, 2.75) is 65.2 Å². The Bertz CT molecular complexity index is 566. The molecule has 0 bridgehead atoms. The fourth-order valence-electron chi connectivity index (χ4n) is 2.17. The molecule has 1 aromatic rings. The number of nitrogens with one attached hydrogen (secondary N) is 1. The molecule has 0 aliphatic carbocycles. The third-order valence-corrected chi connectivity index (χ3v) is 3.19. The minimum atomic E-state index is -0.966. The highest BCUT2D eigenvalue weighted by atomic mass is 16.6. The van der Waals surface area contributed by atoms with Crippen molar-refractivity contribution in [3.05, 3.63) is 48.6 Å².